The zero-order chi connectivity index (χ0) is 19.4. The monoisotopic (exact) mass is 373 g/mol. The lowest BCUT2D eigenvalue weighted by Gasteiger charge is -2.27. The van der Waals surface area contributed by atoms with E-state index in [0.717, 1.165) is 50.3 Å². The van der Waals surface area contributed by atoms with E-state index in [-0.39, 0.29) is 29.8 Å². The maximum absolute atomic E-state index is 12.6. The molecule has 1 fully saturated rings. The number of ether oxygens (including phenoxy) is 1. The molecule has 8 nitrogen and oxygen atoms in total. The average Bonchev–Trinajstić information content (AvgIpc) is 3.51. The van der Waals surface area contributed by atoms with E-state index in [1.54, 1.807) is 11.9 Å². The number of hydrogen-bond acceptors (Lipinski definition) is 6. The summed E-state index contributed by atoms with van der Waals surface area (Å²) in [6.45, 7) is -0.367. The van der Waals surface area contributed by atoms with Crippen molar-refractivity contribution in [2.45, 2.75) is 44.6 Å². The van der Waals surface area contributed by atoms with Crippen molar-refractivity contribution in [3.8, 4) is 0 Å². The first kappa shape index (κ1) is 18.9. The van der Waals surface area contributed by atoms with Crippen LogP contribution in [0.5, 0.6) is 0 Å². The van der Waals surface area contributed by atoms with Crippen molar-refractivity contribution in [3.05, 3.63) is 45.6 Å². The Labute approximate surface area is 157 Å². The Hall–Kier alpha value is -2.90. The molecule has 1 saturated carbocycles. The predicted octanol–water partition coefficient (Wildman–Crippen LogP) is 3.24. The fraction of sp³-hybridized carbons (Fsp3) is 0.474. The van der Waals surface area contributed by atoms with E-state index in [1.807, 2.05) is 0 Å². The van der Waals surface area contributed by atoms with Crippen LogP contribution in [0.3, 0.4) is 0 Å². The van der Waals surface area contributed by atoms with Gasteiger partial charge in [0.15, 0.2) is 6.61 Å². The third-order valence-electron chi connectivity index (χ3n) is 4.78. The number of nitro benzene ring substituents is 1. The van der Waals surface area contributed by atoms with Crippen LogP contribution in [0.15, 0.2) is 30.0 Å². The summed E-state index contributed by atoms with van der Waals surface area (Å²) < 4.78 is 5.15. The van der Waals surface area contributed by atoms with Crippen molar-refractivity contribution in [1.82, 2.24) is 4.90 Å². The number of nitro groups is 1. The molecule has 1 aromatic carbocycles. The fourth-order valence-electron chi connectivity index (χ4n) is 3.27. The molecular weight excluding hydrogens is 350 g/mol. The zero-order valence-electron chi connectivity index (χ0n) is 15.3. The topological polar surface area (TPSA) is 102 Å². The average molecular weight is 373 g/mol. The molecule has 0 unspecified atom stereocenters. The number of rotatable bonds is 7. The maximum Gasteiger partial charge on any atom is 0.338 e. The van der Waals surface area contributed by atoms with Gasteiger partial charge in [0.25, 0.3) is 11.6 Å². The summed E-state index contributed by atoms with van der Waals surface area (Å²) in [4.78, 5) is 37.2. The summed E-state index contributed by atoms with van der Waals surface area (Å²) in [5.74, 6) is -0.984. The second-order valence-electron chi connectivity index (χ2n) is 6.75. The molecule has 0 atom stereocenters. The van der Waals surface area contributed by atoms with Gasteiger partial charge in [-0.05, 0) is 50.7 Å². The molecule has 1 amide bonds. The van der Waals surface area contributed by atoms with E-state index in [2.05, 4.69) is 11.4 Å². The summed E-state index contributed by atoms with van der Waals surface area (Å²) in [6.07, 6.45) is 8.06. The Morgan fingerprint density at radius 2 is 2.11 bits per heavy atom. The number of carbonyl (C=O) groups excluding carboxylic acids is 2. The highest BCUT2D eigenvalue weighted by Gasteiger charge is 2.35. The van der Waals surface area contributed by atoms with Crippen LogP contribution in [-0.2, 0) is 9.53 Å². The van der Waals surface area contributed by atoms with Gasteiger partial charge in [0.05, 0.1) is 10.5 Å². The van der Waals surface area contributed by atoms with Crippen LogP contribution in [0.2, 0.25) is 0 Å². The Morgan fingerprint density at radius 3 is 2.70 bits per heavy atom. The predicted molar refractivity (Wildman–Crippen MR) is 99.3 cm³/mol. The summed E-state index contributed by atoms with van der Waals surface area (Å²) in [6, 6.07) is 4.24. The second kappa shape index (κ2) is 8.20. The maximum atomic E-state index is 12.6. The molecule has 1 aromatic rings. The van der Waals surface area contributed by atoms with Crippen molar-refractivity contribution in [3.63, 3.8) is 0 Å². The van der Waals surface area contributed by atoms with Crippen LogP contribution in [0.1, 0.15) is 48.9 Å². The highest BCUT2D eigenvalue weighted by Crippen LogP contribution is 2.33. The van der Waals surface area contributed by atoms with E-state index >= 15 is 0 Å². The van der Waals surface area contributed by atoms with Crippen LogP contribution in [0.25, 0.3) is 0 Å². The number of hydrogen-bond donors (Lipinski definition) is 1. The van der Waals surface area contributed by atoms with E-state index in [1.165, 1.54) is 12.1 Å². The standard InChI is InChI=1S/C19H23N3O5/c1-20-16-10-7-13(11-17(16)22(25)26)19(24)27-12-18(23)21(15-8-9-15)14-5-3-2-4-6-14/h5,7,10-11,15,20H,2-4,6,8-9,12H2,1H3. The molecule has 27 heavy (non-hydrogen) atoms. The number of carbonyl (C=O) groups is 2. The van der Waals surface area contributed by atoms with Gasteiger partial charge < -0.3 is 15.0 Å². The molecular formula is C19H23N3O5. The quantitative estimate of drug-likeness (QED) is 0.447. The minimum atomic E-state index is -0.748. The van der Waals surface area contributed by atoms with Crippen molar-refractivity contribution in [2.75, 3.05) is 19.0 Å². The molecule has 1 N–H and O–H groups in total. The fourth-order valence-corrected chi connectivity index (χ4v) is 3.27. The van der Waals surface area contributed by atoms with Crippen LogP contribution >= 0.6 is 0 Å². The molecule has 2 aliphatic carbocycles. The van der Waals surface area contributed by atoms with Gasteiger partial charge in [0.1, 0.15) is 5.69 Å². The minimum absolute atomic E-state index is 0.0448. The highest BCUT2D eigenvalue weighted by atomic mass is 16.6. The first-order valence-corrected chi connectivity index (χ1v) is 9.15. The number of nitrogens with zero attached hydrogens (tertiary/aromatic N) is 2. The Morgan fingerprint density at radius 1 is 1.33 bits per heavy atom. The molecule has 0 bridgehead atoms. The van der Waals surface area contributed by atoms with Crippen molar-refractivity contribution in [1.29, 1.82) is 0 Å². The summed E-state index contributed by atoms with van der Waals surface area (Å²) in [5, 5.41) is 13.8. The number of allylic oxidation sites excluding steroid dienone is 2. The van der Waals surface area contributed by atoms with Gasteiger partial charge in [-0.15, -0.1) is 0 Å². The van der Waals surface area contributed by atoms with Gasteiger partial charge in [0, 0.05) is 24.9 Å². The van der Waals surface area contributed by atoms with E-state index in [0.29, 0.717) is 5.69 Å². The number of esters is 1. The molecule has 0 aliphatic heterocycles. The Kier molecular flexibility index (Phi) is 5.73. The van der Waals surface area contributed by atoms with Crippen molar-refractivity contribution in [2.24, 2.45) is 0 Å². The van der Waals surface area contributed by atoms with Gasteiger partial charge in [-0.25, -0.2) is 4.79 Å². The van der Waals surface area contributed by atoms with Gasteiger partial charge in [0.2, 0.25) is 0 Å². The van der Waals surface area contributed by atoms with Crippen LogP contribution in [-0.4, -0.2) is 41.4 Å². The molecule has 0 heterocycles. The lowest BCUT2D eigenvalue weighted by Crippen LogP contribution is -2.36. The lowest BCUT2D eigenvalue weighted by molar-refractivity contribution is -0.384. The van der Waals surface area contributed by atoms with Gasteiger partial charge in [-0.3, -0.25) is 14.9 Å². The van der Waals surface area contributed by atoms with E-state index in [9.17, 15) is 19.7 Å². The van der Waals surface area contributed by atoms with E-state index < -0.39 is 10.9 Å². The normalized spacial score (nSPS) is 16.3. The van der Waals surface area contributed by atoms with Gasteiger partial charge >= 0.3 is 5.97 Å². The van der Waals surface area contributed by atoms with Crippen molar-refractivity contribution < 1.29 is 19.2 Å². The molecule has 2 aliphatic rings. The molecule has 0 saturated heterocycles. The molecule has 3 rings (SSSR count). The highest BCUT2D eigenvalue weighted by molar-refractivity contribution is 5.93. The SMILES string of the molecule is CNc1ccc(C(=O)OCC(=O)N(C2=CCCCC2)C2CC2)cc1[N+](=O)[O-]. The second-order valence-corrected chi connectivity index (χ2v) is 6.75. The zero-order valence-corrected chi connectivity index (χ0v) is 15.3. The third-order valence-corrected chi connectivity index (χ3v) is 4.78. The molecule has 0 aromatic heterocycles. The lowest BCUT2D eigenvalue weighted by atomic mass is 10.0. The number of amides is 1. The molecule has 144 valence electrons. The Balaban J connectivity index is 1.66. The number of nitrogens with one attached hydrogen (secondary N) is 1. The molecule has 0 spiro atoms. The molecule has 0 radical (unpaired) electrons. The number of benzene rings is 1. The van der Waals surface area contributed by atoms with E-state index in [4.69, 9.17) is 4.74 Å². The first-order chi connectivity index (χ1) is 13.0. The van der Waals surface area contributed by atoms with Crippen molar-refractivity contribution >= 4 is 23.3 Å². The van der Waals surface area contributed by atoms with Gasteiger partial charge in [-0.2, -0.15) is 0 Å². The smallest absolute Gasteiger partial charge is 0.338 e. The summed E-state index contributed by atoms with van der Waals surface area (Å²) >= 11 is 0. The van der Waals surface area contributed by atoms with Gasteiger partial charge in [-0.1, -0.05) is 6.08 Å². The summed E-state index contributed by atoms with van der Waals surface area (Å²) in [7, 11) is 1.56. The Bertz CT molecular complexity index is 786. The number of anilines is 1. The minimum Gasteiger partial charge on any atom is -0.452 e. The van der Waals surface area contributed by atoms with Crippen LogP contribution in [0.4, 0.5) is 11.4 Å². The van der Waals surface area contributed by atoms with Crippen LogP contribution in [0, 0.1) is 10.1 Å². The summed E-state index contributed by atoms with van der Waals surface area (Å²) in [5.41, 5.74) is 1.16. The van der Waals surface area contributed by atoms with Crippen LogP contribution < -0.4 is 5.32 Å². The largest absolute Gasteiger partial charge is 0.452 e. The molecule has 8 heteroatoms. The third kappa shape index (κ3) is 4.45. The first-order valence-electron chi connectivity index (χ1n) is 9.15.